The van der Waals surface area contributed by atoms with Gasteiger partial charge in [0, 0.05) is 12.2 Å². The minimum Gasteiger partial charge on any atom is -0.348 e. The van der Waals surface area contributed by atoms with Crippen molar-refractivity contribution in [3.8, 4) is 0 Å². The lowest BCUT2D eigenvalue weighted by molar-refractivity contribution is -0.0727. The Labute approximate surface area is 175 Å². The van der Waals surface area contributed by atoms with Crippen LogP contribution in [0.15, 0.2) is 23.8 Å². The van der Waals surface area contributed by atoms with Gasteiger partial charge >= 0.3 is 0 Å². The number of hydrogen-bond acceptors (Lipinski definition) is 3. The second-order valence-electron chi connectivity index (χ2n) is 9.39. The van der Waals surface area contributed by atoms with Crippen molar-refractivity contribution in [2.45, 2.75) is 64.5 Å². The van der Waals surface area contributed by atoms with E-state index in [2.05, 4.69) is 22.7 Å². The fourth-order valence-electron chi connectivity index (χ4n) is 6.71. The minimum atomic E-state index is 0.0948. The number of nitrogens with one attached hydrogen (secondary N) is 1. The summed E-state index contributed by atoms with van der Waals surface area (Å²) in [6.07, 6.45) is 12.8. The summed E-state index contributed by atoms with van der Waals surface area (Å²) in [5.74, 6) is 2.82. The molecule has 0 spiro atoms. The molecule has 2 heterocycles. The third-order valence-electron chi connectivity index (χ3n) is 7.36. The van der Waals surface area contributed by atoms with Crippen LogP contribution in [0.2, 0.25) is 5.02 Å². The topological polar surface area (TPSA) is 46.9 Å². The third kappa shape index (κ3) is 3.41. The number of hydrogen-bond donors (Lipinski definition) is 1. The van der Waals surface area contributed by atoms with E-state index < -0.39 is 0 Å². The van der Waals surface area contributed by atoms with Gasteiger partial charge in [-0.15, -0.1) is 11.3 Å². The van der Waals surface area contributed by atoms with Gasteiger partial charge in [-0.3, -0.25) is 9.48 Å². The molecular formula is C22H28ClN3OS. The van der Waals surface area contributed by atoms with E-state index in [1.165, 1.54) is 49.9 Å². The monoisotopic (exact) mass is 417 g/mol. The predicted octanol–water partition coefficient (Wildman–Crippen LogP) is 5.37. The number of amides is 1. The smallest absolute Gasteiger partial charge is 0.261 e. The van der Waals surface area contributed by atoms with Crippen LogP contribution >= 0.6 is 22.9 Å². The van der Waals surface area contributed by atoms with Gasteiger partial charge in [-0.2, -0.15) is 5.10 Å². The van der Waals surface area contributed by atoms with E-state index in [-0.39, 0.29) is 5.91 Å². The van der Waals surface area contributed by atoms with E-state index in [4.69, 9.17) is 11.6 Å². The molecule has 2 aromatic heterocycles. The predicted molar refractivity (Wildman–Crippen MR) is 113 cm³/mol. The van der Waals surface area contributed by atoms with Crippen molar-refractivity contribution < 1.29 is 4.79 Å². The summed E-state index contributed by atoms with van der Waals surface area (Å²) in [7, 11) is 0. The van der Waals surface area contributed by atoms with Crippen molar-refractivity contribution in [2.75, 3.05) is 0 Å². The van der Waals surface area contributed by atoms with Gasteiger partial charge in [0.2, 0.25) is 0 Å². The van der Waals surface area contributed by atoms with Crippen molar-refractivity contribution in [2.24, 2.45) is 23.2 Å². The Hall–Kier alpha value is -1.33. The molecule has 1 amide bonds. The molecule has 1 atom stereocenters. The first-order valence-corrected chi connectivity index (χ1v) is 11.8. The number of rotatable bonds is 6. The van der Waals surface area contributed by atoms with Gasteiger partial charge in [-0.05, 0) is 85.1 Å². The Balaban J connectivity index is 1.28. The van der Waals surface area contributed by atoms with Crippen LogP contribution in [-0.2, 0) is 6.54 Å². The summed E-state index contributed by atoms with van der Waals surface area (Å²) in [4.78, 5) is 13.8. The summed E-state index contributed by atoms with van der Waals surface area (Å²) < 4.78 is 1.80. The summed E-state index contributed by atoms with van der Waals surface area (Å²) in [6, 6.07) is 2.31. The molecule has 4 saturated carbocycles. The molecular weight excluding hydrogens is 390 g/mol. The maximum absolute atomic E-state index is 13.0. The van der Waals surface area contributed by atoms with Crippen LogP contribution in [-0.4, -0.2) is 21.7 Å². The van der Waals surface area contributed by atoms with Crippen LogP contribution in [0.1, 0.15) is 67.1 Å². The molecule has 2 aromatic rings. The van der Waals surface area contributed by atoms with E-state index >= 15 is 0 Å². The molecule has 4 nitrogen and oxygen atoms in total. The second-order valence-corrected chi connectivity index (χ2v) is 10.7. The minimum absolute atomic E-state index is 0.0948. The van der Waals surface area contributed by atoms with Gasteiger partial charge in [0.15, 0.2) is 0 Å². The van der Waals surface area contributed by atoms with Gasteiger partial charge in [0.1, 0.15) is 0 Å². The summed E-state index contributed by atoms with van der Waals surface area (Å²) in [5, 5.41) is 10.4. The average molecular weight is 418 g/mol. The molecule has 1 N–H and O–H groups in total. The van der Waals surface area contributed by atoms with E-state index in [1.807, 2.05) is 6.07 Å². The highest BCUT2D eigenvalue weighted by atomic mass is 35.5. The summed E-state index contributed by atoms with van der Waals surface area (Å²) in [5.41, 5.74) is 1.45. The fraction of sp³-hybridized carbons (Fsp3) is 0.636. The van der Waals surface area contributed by atoms with Crippen molar-refractivity contribution in [3.63, 3.8) is 0 Å². The van der Waals surface area contributed by atoms with Gasteiger partial charge < -0.3 is 5.32 Å². The molecule has 4 bridgehead atoms. The number of carbonyl (C=O) groups is 1. The van der Waals surface area contributed by atoms with Crippen LogP contribution in [0.5, 0.6) is 0 Å². The maximum Gasteiger partial charge on any atom is 0.261 e. The first-order valence-electron chi connectivity index (χ1n) is 10.6. The van der Waals surface area contributed by atoms with E-state index in [9.17, 15) is 4.79 Å². The SMILES string of the molecule is CCC(NC(=O)c1cc(Cn2cc(Cl)cn2)cs1)C12CC3CC(CC(C3)C1)C2. The van der Waals surface area contributed by atoms with Crippen LogP contribution in [0.3, 0.4) is 0 Å². The maximum atomic E-state index is 13.0. The molecule has 6 heteroatoms. The molecule has 6 rings (SSSR count). The molecule has 4 aliphatic carbocycles. The number of aromatic nitrogens is 2. The van der Waals surface area contributed by atoms with Crippen molar-refractivity contribution in [1.29, 1.82) is 0 Å². The van der Waals surface area contributed by atoms with Gasteiger partial charge in [-0.25, -0.2) is 0 Å². The Bertz CT molecular complexity index is 837. The van der Waals surface area contributed by atoms with Crippen LogP contribution in [0.25, 0.3) is 0 Å². The highest BCUT2D eigenvalue weighted by molar-refractivity contribution is 7.12. The van der Waals surface area contributed by atoms with Crippen molar-refractivity contribution in [3.05, 3.63) is 39.3 Å². The first kappa shape index (κ1) is 18.7. The Morgan fingerprint density at radius 3 is 2.57 bits per heavy atom. The average Bonchev–Trinajstić information content (AvgIpc) is 3.27. The highest BCUT2D eigenvalue weighted by Gasteiger charge is 2.54. The molecule has 4 aliphatic rings. The first-order chi connectivity index (χ1) is 13.5. The zero-order chi connectivity index (χ0) is 19.3. The Morgan fingerprint density at radius 1 is 1.32 bits per heavy atom. The number of thiophene rings is 1. The second kappa shape index (κ2) is 7.17. The molecule has 150 valence electrons. The third-order valence-corrected chi connectivity index (χ3v) is 8.54. The van der Waals surface area contributed by atoms with E-state index in [0.717, 1.165) is 34.6 Å². The molecule has 1 unspecified atom stereocenters. The lowest BCUT2D eigenvalue weighted by atomic mass is 9.47. The van der Waals surface area contributed by atoms with Gasteiger partial charge in [0.05, 0.1) is 22.6 Å². The van der Waals surface area contributed by atoms with Crippen LogP contribution in [0.4, 0.5) is 0 Å². The van der Waals surface area contributed by atoms with Crippen molar-refractivity contribution in [1.82, 2.24) is 15.1 Å². The largest absolute Gasteiger partial charge is 0.348 e. The van der Waals surface area contributed by atoms with Crippen LogP contribution in [0, 0.1) is 23.2 Å². The van der Waals surface area contributed by atoms with E-state index in [1.54, 1.807) is 17.1 Å². The quantitative estimate of drug-likeness (QED) is 0.686. The summed E-state index contributed by atoms with van der Waals surface area (Å²) >= 11 is 7.47. The lowest BCUT2D eigenvalue weighted by Gasteiger charge is -2.59. The number of halogens is 1. The lowest BCUT2D eigenvalue weighted by Crippen LogP contribution is -2.56. The zero-order valence-electron chi connectivity index (χ0n) is 16.4. The standard InChI is InChI=1S/C22H28ClN3OS/c1-2-20(22-7-14-3-15(8-22)5-16(4-14)9-22)25-21(27)19-6-17(13-28-19)11-26-12-18(23)10-24-26/h6,10,12-16,20H,2-5,7-9,11H2,1H3,(H,25,27). The Morgan fingerprint density at radius 2 is 2.00 bits per heavy atom. The molecule has 0 saturated heterocycles. The normalized spacial score (nSPS) is 31.9. The van der Waals surface area contributed by atoms with Crippen LogP contribution < -0.4 is 5.32 Å². The van der Waals surface area contributed by atoms with Gasteiger partial charge in [-0.1, -0.05) is 18.5 Å². The van der Waals surface area contributed by atoms with Crippen molar-refractivity contribution >= 4 is 28.8 Å². The van der Waals surface area contributed by atoms with E-state index in [0.29, 0.717) is 23.0 Å². The number of nitrogens with zero attached hydrogens (tertiary/aromatic N) is 2. The Kier molecular flexibility index (Phi) is 4.79. The molecule has 28 heavy (non-hydrogen) atoms. The molecule has 0 radical (unpaired) electrons. The molecule has 4 fully saturated rings. The zero-order valence-corrected chi connectivity index (χ0v) is 17.9. The number of carbonyl (C=O) groups excluding carboxylic acids is 1. The molecule has 0 aromatic carbocycles. The summed E-state index contributed by atoms with van der Waals surface area (Å²) in [6.45, 7) is 2.88. The van der Waals surface area contributed by atoms with Gasteiger partial charge in [0.25, 0.3) is 5.91 Å². The fourth-order valence-corrected chi connectivity index (χ4v) is 7.67. The highest BCUT2D eigenvalue weighted by Crippen LogP contribution is 2.61. The molecule has 0 aliphatic heterocycles.